The fourth-order valence-electron chi connectivity index (χ4n) is 3.72. The number of nitrogens with one attached hydrogen (secondary N) is 1. The third-order valence-corrected chi connectivity index (χ3v) is 6.35. The molecule has 170 valence electrons. The second kappa shape index (κ2) is 10.3. The number of benzene rings is 2. The van der Waals surface area contributed by atoms with Crippen molar-refractivity contribution < 1.29 is 19.1 Å². The molecule has 1 N–H and O–H groups in total. The van der Waals surface area contributed by atoms with Gasteiger partial charge in [-0.05, 0) is 42.6 Å². The minimum absolute atomic E-state index is 0.205. The Hall–Kier alpha value is -3.65. The molecule has 0 radical (unpaired) electrons. The lowest BCUT2D eigenvalue weighted by Gasteiger charge is -2.37. The van der Waals surface area contributed by atoms with Gasteiger partial charge in [0, 0.05) is 31.9 Å². The van der Waals surface area contributed by atoms with E-state index >= 15 is 0 Å². The van der Waals surface area contributed by atoms with Gasteiger partial charge in [-0.2, -0.15) is 0 Å². The Bertz CT molecular complexity index is 1110. The first-order chi connectivity index (χ1) is 16.0. The van der Waals surface area contributed by atoms with Gasteiger partial charge in [-0.25, -0.2) is 4.79 Å². The zero-order chi connectivity index (χ0) is 23.2. The molecule has 1 fully saturated rings. The summed E-state index contributed by atoms with van der Waals surface area (Å²) in [5.41, 5.74) is 1.68. The summed E-state index contributed by atoms with van der Waals surface area (Å²) in [4.78, 5) is 42.6. The molecule has 0 bridgehead atoms. The van der Waals surface area contributed by atoms with Crippen LogP contribution in [0.1, 0.15) is 27.0 Å². The van der Waals surface area contributed by atoms with E-state index in [2.05, 4.69) is 22.3 Å². The molecule has 2 heterocycles. The number of hydrogen-bond acceptors (Lipinski definition) is 6. The predicted octanol–water partition coefficient (Wildman–Crippen LogP) is 3.89. The topological polar surface area (TPSA) is 78.9 Å². The fourth-order valence-corrected chi connectivity index (χ4v) is 4.34. The Morgan fingerprint density at radius 2 is 1.61 bits per heavy atom. The number of anilines is 2. The maximum Gasteiger partial charge on any atom is 0.341 e. The molecule has 0 aliphatic carbocycles. The number of ether oxygens (including phenoxy) is 1. The number of carbonyl (C=O) groups excluding carboxylic acids is 3. The maximum atomic E-state index is 12.9. The minimum atomic E-state index is -0.929. The van der Waals surface area contributed by atoms with Crippen molar-refractivity contribution in [1.29, 1.82) is 0 Å². The quantitative estimate of drug-likeness (QED) is 0.561. The zero-order valence-electron chi connectivity index (χ0n) is 18.3. The van der Waals surface area contributed by atoms with Crippen LogP contribution in [0.25, 0.3) is 0 Å². The summed E-state index contributed by atoms with van der Waals surface area (Å²) in [5, 5.41) is 4.56. The minimum Gasteiger partial charge on any atom is -0.449 e. The molecular weight excluding hydrogens is 438 g/mol. The molecule has 3 aromatic rings. The third-order valence-electron chi connectivity index (χ3n) is 5.48. The first-order valence-electron chi connectivity index (χ1n) is 10.8. The van der Waals surface area contributed by atoms with Gasteiger partial charge in [0.2, 0.25) is 0 Å². The largest absolute Gasteiger partial charge is 0.449 e. The van der Waals surface area contributed by atoms with E-state index in [1.165, 1.54) is 11.3 Å². The zero-order valence-corrected chi connectivity index (χ0v) is 19.1. The predicted molar refractivity (Wildman–Crippen MR) is 129 cm³/mol. The summed E-state index contributed by atoms with van der Waals surface area (Å²) in [7, 11) is 0. The molecule has 1 unspecified atom stereocenters. The highest BCUT2D eigenvalue weighted by atomic mass is 32.1. The van der Waals surface area contributed by atoms with Gasteiger partial charge in [0.05, 0.1) is 16.1 Å². The van der Waals surface area contributed by atoms with Crippen molar-refractivity contribution in [2.45, 2.75) is 13.0 Å². The average molecular weight is 464 g/mol. The summed E-state index contributed by atoms with van der Waals surface area (Å²) in [6.07, 6.45) is -0.929. The van der Waals surface area contributed by atoms with Crippen molar-refractivity contribution in [3.63, 3.8) is 0 Å². The van der Waals surface area contributed by atoms with Crippen LogP contribution in [0.4, 0.5) is 11.4 Å². The van der Waals surface area contributed by atoms with Crippen molar-refractivity contribution in [3.8, 4) is 0 Å². The maximum absolute atomic E-state index is 12.9. The van der Waals surface area contributed by atoms with Crippen LogP contribution in [0.3, 0.4) is 0 Å². The average Bonchev–Trinajstić information content (AvgIpc) is 3.40. The smallest absolute Gasteiger partial charge is 0.341 e. The molecule has 7 nitrogen and oxygen atoms in total. The number of hydrogen-bond donors (Lipinski definition) is 1. The van der Waals surface area contributed by atoms with Crippen LogP contribution in [0, 0.1) is 0 Å². The molecular formula is C25H25N3O4S. The first-order valence-corrected chi connectivity index (χ1v) is 11.6. The van der Waals surface area contributed by atoms with Gasteiger partial charge < -0.3 is 19.9 Å². The van der Waals surface area contributed by atoms with Gasteiger partial charge in [-0.3, -0.25) is 9.59 Å². The molecule has 1 atom stereocenters. The summed E-state index contributed by atoms with van der Waals surface area (Å²) in [6, 6.07) is 20.2. The Labute approximate surface area is 196 Å². The second-order valence-corrected chi connectivity index (χ2v) is 8.62. The standard InChI is InChI=1S/C25H25N3O4S/c1-18(24(30)28-15-13-27(14-16-28)19-8-3-2-4-9-19)32-25(31)20-10-5-6-11-21(20)26-23(29)22-12-7-17-33-22/h2-12,17-18H,13-16H2,1H3,(H,26,29). The highest BCUT2D eigenvalue weighted by Crippen LogP contribution is 2.20. The molecule has 8 heteroatoms. The first kappa shape index (κ1) is 22.5. The van der Waals surface area contributed by atoms with E-state index in [1.807, 2.05) is 23.6 Å². The molecule has 0 saturated carbocycles. The normalized spacial score (nSPS) is 14.5. The summed E-state index contributed by atoms with van der Waals surface area (Å²) in [5.74, 6) is -1.18. The van der Waals surface area contributed by atoms with Gasteiger partial charge in [0.15, 0.2) is 6.10 Å². The van der Waals surface area contributed by atoms with Crippen LogP contribution in [0.2, 0.25) is 0 Å². The lowest BCUT2D eigenvalue weighted by Crippen LogP contribution is -2.51. The molecule has 0 spiro atoms. The number of para-hydroxylation sites is 2. The Balaban J connectivity index is 1.35. The van der Waals surface area contributed by atoms with Crippen LogP contribution in [-0.2, 0) is 9.53 Å². The molecule has 1 aromatic heterocycles. The van der Waals surface area contributed by atoms with Crippen molar-refractivity contribution in [1.82, 2.24) is 4.90 Å². The van der Waals surface area contributed by atoms with Crippen molar-refractivity contribution in [3.05, 3.63) is 82.6 Å². The van der Waals surface area contributed by atoms with E-state index in [9.17, 15) is 14.4 Å². The van der Waals surface area contributed by atoms with Crippen LogP contribution in [0.5, 0.6) is 0 Å². The fraction of sp³-hybridized carbons (Fsp3) is 0.240. The van der Waals surface area contributed by atoms with E-state index in [4.69, 9.17) is 4.74 Å². The monoisotopic (exact) mass is 463 g/mol. The van der Waals surface area contributed by atoms with E-state index in [0.29, 0.717) is 36.7 Å². The molecule has 4 rings (SSSR count). The van der Waals surface area contributed by atoms with Gasteiger partial charge in [-0.15, -0.1) is 11.3 Å². The van der Waals surface area contributed by atoms with Crippen LogP contribution in [-0.4, -0.2) is 55.0 Å². The van der Waals surface area contributed by atoms with Gasteiger partial charge >= 0.3 is 5.97 Å². The number of rotatable bonds is 6. The molecule has 1 saturated heterocycles. The number of carbonyl (C=O) groups is 3. The van der Waals surface area contributed by atoms with Gasteiger partial charge in [-0.1, -0.05) is 36.4 Å². The van der Waals surface area contributed by atoms with E-state index in [-0.39, 0.29) is 17.4 Å². The number of thiophene rings is 1. The second-order valence-electron chi connectivity index (χ2n) is 7.67. The number of nitrogens with zero attached hydrogens (tertiary/aromatic N) is 2. The Morgan fingerprint density at radius 3 is 2.30 bits per heavy atom. The number of amides is 2. The van der Waals surface area contributed by atoms with E-state index < -0.39 is 12.1 Å². The molecule has 2 aromatic carbocycles. The number of piperazine rings is 1. The van der Waals surface area contributed by atoms with Crippen LogP contribution in [0.15, 0.2) is 72.1 Å². The van der Waals surface area contributed by atoms with Gasteiger partial charge in [0.1, 0.15) is 0 Å². The third kappa shape index (κ3) is 5.40. The lowest BCUT2D eigenvalue weighted by atomic mass is 10.1. The summed E-state index contributed by atoms with van der Waals surface area (Å²) in [6.45, 7) is 4.13. The molecule has 2 amide bonds. The van der Waals surface area contributed by atoms with Crippen LogP contribution >= 0.6 is 11.3 Å². The lowest BCUT2D eigenvalue weighted by molar-refractivity contribution is -0.140. The highest BCUT2D eigenvalue weighted by Gasteiger charge is 2.28. The summed E-state index contributed by atoms with van der Waals surface area (Å²) >= 11 is 1.31. The number of esters is 1. The van der Waals surface area contributed by atoms with Crippen molar-refractivity contribution in [2.75, 3.05) is 36.4 Å². The molecule has 33 heavy (non-hydrogen) atoms. The van der Waals surface area contributed by atoms with E-state index in [1.54, 1.807) is 48.2 Å². The highest BCUT2D eigenvalue weighted by molar-refractivity contribution is 7.12. The van der Waals surface area contributed by atoms with Crippen molar-refractivity contribution >= 4 is 40.5 Å². The Kier molecular flexibility index (Phi) is 7.04. The van der Waals surface area contributed by atoms with E-state index in [0.717, 1.165) is 5.69 Å². The molecule has 1 aliphatic heterocycles. The van der Waals surface area contributed by atoms with Gasteiger partial charge in [0.25, 0.3) is 11.8 Å². The Morgan fingerprint density at radius 1 is 0.909 bits per heavy atom. The van der Waals surface area contributed by atoms with Crippen LogP contribution < -0.4 is 10.2 Å². The summed E-state index contributed by atoms with van der Waals surface area (Å²) < 4.78 is 5.48. The van der Waals surface area contributed by atoms with Crippen molar-refractivity contribution in [2.24, 2.45) is 0 Å². The SMILES string of the molecule is CC(OC(=O)c1ccccc1NC(=O)c1cccs1)C(=O)N1CCN(c2ccccc2)CC1. The molecule has 1 aliphatic rings.